The molecule has 0 aromatic rings. The summed E-state index contributed by atoms with van der Waals surface area (Å²) < 4.78 is 45.9. The van der Waals surface area contributed by atoms with Crippen LogP contribution in [0.1, 0.15) is 273 Å². The lowest BCUT2D eigenvalue weighted by atomic mass is 9.97. The summed E-state index contributed by atoms with van der Waals surface area (Å²) in [4.78, 5) is 103. The highest BCUT2D eigenvalue weighted by atomic mass is 16.7. The Morgan fingerprint density at radius 2 is 0.649 bits per heavy atom. The van der Waals surface area contributed by atoms with Crippen LogP contribution in [0.3, 0.4) is 0 Å². The number of hydrogen-bond donors (Lipinski definition) is 17. The smallest absolute Gasteiger partial charge is 0.243 e. The second kappa shape index (κ2) is 63.2. The first-order chi connectivity index (χ1) is 54.8. The molecular formula is C81H150N8O25. The molecule has 0 saturated carbocycles. The van der Waals surface area contributed by atoms with Gasteiger partial charge in [-0.1, -0.05) is 149 Å². The Morgan fingerprint density at radius 3 is 0.974 bits per heavy atom. The minimum absolute atomic E-state index is 0.0574. The average Bonchev–Trinajstić information content (AvgIpc) is 0.820. The Balaban J connectivity index is 1.47. The first-order valence-corrected chi connectivity index (χ1v) is 43.0. The summed E-state index contributed by atoms with van der Waals surface area (Å²) in [6.07, 6.45) is 13.8. The van der Waals surface area contributed by atoms with Crippen LogP contribution in [0, 0.1) is 5.92 Å². The number of ether oxygens (including phenoxy) is 8. The van der Waals surface area contributed by atoms with E-state index in [2.05, 4.69) is 56.4 Å². The molecule has 0 aliphatic carbocycles. The molecule has 0 radical (unpaired) electrons. The number of aliphatic hydroxyl groups is 9. The summed E-state index contributed by atoms with van der Waals surface area (Å²) in [6.45, 7) is 11.3. The predicted molar refractivity (Wildman–Crippen MR) is 424 cm³/mol. The number of unbranched alkanes of at least 4 members (excludes halogenated alkanes) is 26. The number of carbonyl (C=O) groups excluding carboxylic acids is 8. The van der Waals surface area contributed by atoms with Gasteiger partial charge in [0.05, 0.1) is 45.7 Å². The summed E-state index contributed by atoms with van der Waals surface area (Å²) in [5, 5.41) is 114. The van der Waals surface area contributed by atoms with E-state index in [1.54, 1.807) is 0 Å². The molecule has 3 heterocycles. The molecule has 3 aliphatic rings. The van der Waals surface area contributed by atoms with Gasteiger partial charge in [0, 0.05) is 79.5 Å². The molecular weight excluding hydrogens is 1480 g/mol. The van der Waals surface area contributed by atoms with Gasteiger partial charge >= 0.3 is 0 Å². The van der Waals surface area contributed by atoms with E-state index < -0.39 is 153 Å². The molecule has 33 nitrogen and oxygen atoms in total. The number of nitrogens with one attached hydrogen (secondary N) is 8. The quantitative estimate of drug-likeness (QED) is 0.0388. The van der Waals surface area contributed by atoms with Gasteiger partial charge in [0.15, 0.2) is 18.9 Å². The average molecular weight is 1640 g/mol. The van der Waals surface area contributed by atoms with Crippen molar-refractivity contribution >= 4 is 47.3 Å². The van der Waals surface area contributed by atoms with Gasteiger partial charge in [-0.25, -0.2) is 0 Å². The molecule has 114 heavy (non-hydrogen) atoms. The molecule has 18 unspecified atom stereocenters. The molecule has 33 heteroatoms. The molecule has 3 aliphatic heterocycles. The molecule has 0 bridgehead atoms. The van der Waals surface area contributed by atoms with Gasteiger partial charge in [-0.3, -0.25) is 38.4 Å². The summed E-state index contributed by atoms with van der Waals surface area (Å²) in [5.41, 5.74) is 0. The van der Waals surface area contributed by atoms with Gasteiger partial charge in [-0.15, -0.1) is 0 Å². The minimum atomic E-state index is -1.39. The predicted octanol–water partition coefficient (Wildman–Crippen LogP) is 3.31. The molecule has 3 saturated heterocycles. The van der Waals surface area contributed by atoms with Crippen molar-refractivity contribution in [3.63, 3.8) is 0 Å². The summed E-state index contributed by atoms with van der Waals surface area (Å²) >= 11 is 0. The van der Waals surface area contributed by atoms with Gasteiger partial charge in [-0.05, 0) is 89.9 Å². The highest BCUT2D eigenvalue weighted by Gasteiger charge is 2.48. The first kappa shape index (κ1) is 103. The van der Waals surface area contributed by atoms with E-state index in [-0.39, 0.29) is 56.2 Å². The maximum atomic E-state index is 14.4. The second-order valence-electron chi connectivity index (χ2n) is 31.3. The van der Waals surface area contributed by atoms with E-state index in [4.69, 9.17) is 37.9 Å². The highest BCUT2D eigenvalue weighted by Crippen LogP contribution is 2.27. The van der Waals surface area contributed by atoms with Crippen molar-refractivity contribution in [3.8, 4) is 0 Å². The third-order valence-electron chi connectivity index (χ3n) is 21.1. The van der Waals surface area contributed by atoms with Gasteiger partial charge in [-0.2, -0.15) is 0 Å². The Morgan fingerprint density at radius 1 is 0.333 bits per heavy atom. The number of hydrogen-bond acceptors (Lipinski definition) is 25. The number of aliphatic hydroxyl groups excluding tert-OH is 9. The van der Waals surface area contributed by atoms with Crippen LogP contribution in [-0.2, 0) is 76.3 Å². The number of rotatable bonds is 67. The van der Waals surface area contributed by atoms with E-state index in [1.165, 1.54) is 20.8 Å². The van der Waals surface area contributed by atoms with Crippen molar-refractivity contribution in [2.45, 2.75) is 383 Å². The first-order valence-electron chi connectivity index (χ1n) is 43.0. The van der Waals surface area contributed by atoms with Crippen LogP contribution in [-0.4, -0.2) is 282 Å². The fourth-order valence-electron chi connectivity index (χ4n) is 13.9. The molecule has 17 N–H and O–H groups in total. The van der Waals surface area contributed by atoms with E-state index in [0.29, 0.717) is 103 Å². The lowest BCUT2D eigenvalue weighted by Gasteiger charge is -2.42. The largest absolute Gasteiger partial charge is 0.394 e. The maximum absolute atomic E-state index is 14.4. The van der Waals surface area contributed by atoms with Crippen LogP contribution in [0.5, 0.6) is 0 Å². The van der Waals surface area contributed by atoms with Gasteiger partial charge in [0.1, 0.15) is 85.1 Å². The third-order valence-corrected chi connectivity index (χ3v) is 21.1. The third kappa shape index (κ3) is 44.8. The van der Waals surface area contributed by atoms with Crippen molar-refractivity contribution in [1.82, 2.24) is 42.5 Å². The molecule has 0 spiro atoms. The second-order valence-corrected chi connectivity index (χ2v) is 31.3. The lowest BCUT2D eigenvalue weighted by Crippen LogP contribution is -2.64. The van der Waals surface area contributed by atoms with Crippen molar-refractivity contribution in [2.75, 3.05) is 79.1 Å². The van der Waals surface area contributed by atoms with Crippen LogP contribution < -0.4 is 42.5 Å². The van der Waals surface area contributed by atoms with Crippen LogP contribution >= 0.6 is 0 Å². The molecule has 0 aromatic carbocycles. The molecule has 8 amide bonds. The van der Waals surface area contributed by atoms with E-state index in [0.717, 1.165) is 161 Å². The summed E-state index contributed by atoms with van der Waals surface area (Å²) in [7, 11) is 0. The zero-order valence-corrected chi connectivity index (χ0v) is 69.5. The number of amides is 8. The van der Waals surface area contributed by atoms with Crippen LogP contribution in [0.25, 0.3) is 0 Å². The van der Waals surface area contributed by atoms with Crippen molar-refractivity contribution in [2.24, 2.45) is 5.92 Å². The van der Waals surface area contributed by atoms with E-state index in [1.807, 2.05) is 6.92 Å². The highest BCUT2D eigenvalue weighted by molar-refractivity contribution is 5.92. The minimum Gasteiger partial charge on any atom is -0.394 e. The van der Waals surface area contributed by atoms with Crippen molar-refractivity contribution in [3.05, 3.63) is 0 Å². The fourth-order valence-corrected chi connectivity index (χ4v) is 13.9. The van der Waals surface area contributed by atoms with Crippen LogP contribution in [0.2, 0.25) is 0 Å². The number of carbonyl (C=O) groups is 8. The van der Waals surface area contributed by atoms with Crippen molar-refractivity contribution in [1.29, 1.82) is 0 Å². The topological polar surface area (TPSA) is 489 Å². The fraction of sp³-hybridized carbons (Fsp3) is 0.901. The normalized spacial score (nSPS) is 24.4. The molecule has 3 rings (SSSR count). The monoisotopic (exact) mass is 1640 g/mol. The standard InChI is InChI=1S/C81H150N8O25/c1-55(2)56(3)108-51-50-107-49-45-84-77(105)60(38-31-33-43-82-65(96)40-28-22-16-10-7-13-19-25-35-46-109-79-68(85-57(4)93)74(102)71(99)62(52-90)112-79)89-78(106)61(88-67(98)42-30-24-18-12-9-15-21-27-37-48-111-81-70(87-59(6)95)76(104)73(101)64(54-92)114-81)39-32-34-44-83-66(97)41-29-23-17-11-8-14-20-26-36-47-110-80-69(86-58(5)94)75(103)72(100)63(53-91)113-80/h55-56,60-64,68-76,79-81,90-92,99-104H,7-54H2,1-6H3,(H,82,96)(H,83,97)(H,84,105)(H,85,93)(H,86,94)(H,87,95)(H,88,98)(H,89,106). The zero-order valence-electron chi connectivity index (χ0n) is 69.5. The zero-order chi connectivity index (χ0) is 83.8. The Kier molecular flexibility index (Phi) is 57.2. The van der Waals surface area contributed by atoms with E-state index in [9.17, 15) is 84.3 Å². The molecule has 3 fully saturated rings. The maximum Gasteiger partial charge on any atom is 0.243 e. The van der Waals surface area contributed by atoms with Gasteiger partial charge < -0.3 is 126 Å². The van der Waals surface area contributed by atoms with Crippen LogP contribution in [0.4, 0.5) is 0 Å². The van der Waals surface area contributed by atoms with E-state index >= 15 is 0 Å². The lowest BCUT2D eigenvalue weighted by molar-refractivity contribution is -0.270. The Hall–Kier alpha value is -4.92. The summed E-state index contributed by atoms with van der Waals surface area (Å²) in [6, 6.07) is -4.85. The van der Waals surface area contributed by atoms with Gasteiger partial charge in [0.2, 0.25) is 47.3 Å². The van der Waals surface area contributed by atoms with Crippen molar-refractivity contribution < 1.29 is 122 Å². The molecule has 18 atom stereocenters. The molecule has 0 aromatic heterocycles. The SMILES string of the molecule is CC(=O)NC1C(OCCCCCCCCCCCC(=O)NCCCCC(NC(=O)CCCCCCCCCCCOC2OC(CO)C(O)C(O)C2NC(C)=O)C(=O)NC(CCCCNC(=O)CCCCCCCCCCCOC2OC(CO)C(O)C(O)C2NC(C)=O)C(=O)NCCOCCOC(C)C(C)C)OC(CO)C(O)C1O. The Bertz CT molecular complexity index is 2590. The van der Waals surface area contributed by atoms with Crippen LogP contribution in [0.15, 0.2) is 0 Å². The molecule has 664 valence electrons. The summed E-state index contributed by atoms with van der Waals surface area (Å²) in [5.74, 6) is -2.21. The van der Waals surface area contributed by atoms with Gasteiger partial charge in [0.25, 0.3) is 0 Å². The Labute approximate surface area is 677 Å².